The number of carbonyl (C=O) groups excluding carboxylic acids is 1. The number of aliphatic hydroxyl groups is 1. The molecular formula is C24H31FN2O4. The molecule has 0 saturated carbocycles. The monoisotopic (exact) mass is 430 g/mol. The van der Waals surface area contributed by atoms with Crippen LogP contribution < -0.4 is 20.1 Å². The third-order valence-electron chi connectivity index (χ3n) is 4.65. The highest BCUT2D eigenvalue weighted by atomic mass is 19.1. The number of benzene rings is 2. The normalized spacial score (nSPS) is 12.5. The van der Waals surface area contributed by atoms with Gasteiger partial charge in [-0.15, -0.1) is 0 Å². The molecule has 0 saturated heterocycles. The van der Waals surface area contributed by atoms with Crippen molar-refractivity contribution in [3.8, 4) is 22.6 Å². The van der Waals surface area contributed by atoms with E-state index >= 15 is 0 Å². The van der Waals surface area contributed by atoms with Gasteiger partial charge >= 0.3 is 0 Å². The number of aliphatic hydroxyl groups excluding tert-OH is 1. The second kappa shape index (κ2) is 10.8. The van der Waals surface area contributed by atoms with Crippen LogP contribution in [0.3, 0.4) is 0 Å². The van der Waals surface area contributed by atoms with E-state index in [1.54, 1.807) is 38.1 Å². The number of halogens is 1. The van der Waals surface area contributed by atoms with Crippen LogP contribution in [0.15, 0.2) is 35.9 Å². The van der Waals surface area contributed by atoms with Gasteiger partial charge in [0, 0.05) is 40.0 Å². The highest BCUT2D eigenvalue weighted by Gasteiger charge is 2.17. The highest BCUT2D eigenvalue weighted by molar-refractivity contribution is 5.98. The van der Waals surface area contributed by atoms with Gasteiger partial charge in [0.05, 0.1) is 20.8 Å². The Labute approximate surface area is 183 Å². The van der Waals surface area contributed by atoms with Crippen molar-refractivity contribution >= 4 is 17.7 Å². The maximum absolute atomic E-state index is 14.9. The summed E-state index contributed by atoms with van der Waals surface area (Å²) in [5.74, 6) is 0.239. The first-order valence-electron chi connectivity index (χ1n) is 10.1. The van der Waals surface area contributed by atoms with Gasteiger partial charge in [-0.1, -0.05) is 0 Å². The van der Waals surface area contributed by atoms with Crippen LogP contribution in [-0.2, 0) is 4.79 Å². The molecule has 0 radical (unpaired) electrons. The SMILES string of the molecule is COc1cc(-c2ccc(NC(C)C)cc2F)c(OC)cc1/C=C(\C)C(=O)N[C@H](C)CO. The quantitative estimate of drug-likeness (QED) is 0.519. The first-order valence-corrected chi connectivity index (χ1v) is 10.1. The van der Waals surface area contributed by atoms with Crippen LogP contribution in [-0.4, -0.2) is 43.9 Å². The molecule has 168 valence electrons. The lowest BCUT2D eigenvalue weighted by molar-refractivity contribution is -0.118. The topological polar surface area (TPSA) is 79.8 Å². The number of methoxy groups -OCH3 is 2. The predicted molar refractivity (Wildman–Crippen MR) is 122 cm³/mol. The number of anilines is 1. The summed E-state index contributed by atoms with van der Waals surface area (Å²) >= 11 is 0. The van der Waals surface area contributed by atoms with Crippen molar-refractivity contribution in [3.63, 3.8) is 0 Å². The van der Waals surface area contributed by atoms with Gasteiger partial charge < -0.3 is 25.2 Å². The molecule has 2 rings (SSSR count). The summed E-state index contributed by atoms with van der Waals surface area (Å²) in [6, 6.07) is 8.20. The first kappa shape index (κ1) is 24.2. The summed E-state index contributed by atoms with van der Waals surface area (Å²) in [4.78, 5) is 12.3. The highest BCUT2D eigenvalue weighted by Crippen LogP contribution is 2.38. The number of hydrogen-bond acceptors (Lipinski definition) is 5. The molecule has 0 heterocycles. The van der Waals surface area contributed by atoms with Crippen LogP contribution in [0.25, 0.3) is 17.2 Å². The fourth-order valence-corrected chi connectivity index (χ4v) is 3.08. The van der Waals surface area contributed by atoms with Crippen LogP contribution in [0.2, 0.25) is 0 Å². The minimum absolute atomic E-state index is 0.151. The Bertz CT molecular complexity index is 957. The zero-order chi connectivity index (χ0) is 23.1. The number of rotatable bonds is 9. The second-order valence-electron chi connectivity index (χ2n) is 7.67. The van der Waals surface area contributed by atoms with E-state index in [2.05, 4.69) is 10.6 Å². The summed E-state index contributed by atoms with van der Waals surface area (Å²) in [5.41, 5.74) is 2.67. The zero-order valence-corrected chi connectivity index (χ0v) is 18.9. The molecule has 31 heavy (non-hydrogen) atoms. The van der Waals surface area contributed by atoms with Gasteiger partial charge in [-0.2, -0.15) is 0 Å². The van der Waals surface area contributed by atoms with E-state index in [1.807, 2.05) is 19.9 Å². The summed E-state index contributed by atoms with van der Waals surface area (Å²) in [6.07, 6.45) is 1.66. The van der Waals surface area contributed by atoms with Crippen molar-refractivity contribution in [2.75, 3.05) is 26.1 Å². The van der Waals surface area contributed by atoms with Crippen LogP contribution in [0.1, 0.15) is 33.3 Å². The van der Waals surface area contributed by atoms with E-state index in [-0.39, 0.29) is 30.4 Å². The van der Waals surface area contributed by atoms with Gasteiger partial charge in [0.1, 0.15) is 17.3 Å². The van der Waals surface area contributed by atoms with Crippen LogP contribution >= 0.6 is 0 Å². The molecule has 0 aliphatic rings. The van der Waals surface area contributed by atoms with Gasteiger partial charge in [-0.05, 0) is 64.1 Å². The summed E-state index contributed by atoms with van der Waals surface area (Å²) in [6.45, 7) is 7.19. The van der Waals surface area contributed by atoms with E-state index in [4.69, 9.17) is 14.6 Å². The molecule has 0 aliphatic heterocycles. The van der Waals surface area contributed by atoms with Gasteiger partial charge in [0.25, 0.3) is 0 Å². The molecule has 6 nitrogen and oxygen atoms in total. The lowest BCUT2D eigenvalue weighted by atomic mass is 9.99. The number of nitrogens with one attached hydrogen (secondary N) is 2. The van der Waals surface area contributed by atoms with Crippen LogP contribution in [0.5, 0.6) is 11.5 Å². The number of hydrogen-bond donors (Lipinski definition) is 3. The minimum Gasteiger partial charge on any atom is -0.496 e. The Morgan fingerprint density at radius 1 is 1.10 bits per heavy atom. The summed E-state index contributed by atoms with van der Waals surface area (Å²) in [7, 11) is 3.02. The Kier molecular flexibility index (Phi) is 8.45. The average Bonchev–Trinajstić information content (AvgIpc) is 2.73. The molecule has 0 aliphatic carbocycles. The summed E-state index contributed by atoms with van der Waals surface area (Å²) < 4.78 is 25.9. The fourth-order valence-electron chi connectivity index (χ4n) is 3.08. The van der Waals surface area contributed by atoms with E-state index in [0.29, 0.717) is 39.4 Å². The van der Waals surface area contributed by atoms with Gasteiger partial charge in [-0.25, -0.2) is 4.39 Å². The molecule has 2 aromatic rings. The molecule has 1 amide bonds. The average molecular weight is 431 g/mol. The molecule has 0 unspecified atom stereocenters. The standard InChI is InChI=1S/C24H31FN2O4/c1-14(2)26-18-7-8-19(21(25)11-18)20-12-22(30-5)17(10-23(20)31-6)9-15(3)24(29)27-16(4)13-28/h7-12,14,16,26,28H,13H2,1-6H3,(H,27,29)/b15-9+/t16-/m1/s1. The molecule has 7 heteroatoms. The Morgan fingerprint density at radius 3 is 2.32 bits per heavy atom. The zero-order valence-electron chi connectivity index (χ0n) is 18.9. The predicted octanol–water partition coefficient (Wildman–Crippen LogP) is 4.23. The molecule has 2 aromatic carbocycles. The van der Waals surface area contributed by atoms with E-state index < -0.39 is 0 Å². The number of amides is 1. The third-order valence-corrected chi connectivity index (χ3v) is 4.65. The largest absolute Gasteiger partial charge is 0.496 e. The number of ether oxygens (including phenoxy) is 2. The Balaban J connectivity index is 2.47. The molecule has 0 fully saturated rings. The molecular weight excluding hydrogens is 399 g/mol. The van der Waals surface area contributed by atoms with Crippen molar-refractivity contribution in [1.29, 1.82) is 0 Å². The molecule has 1 atom stereocenters. The molecule has 0 spiro atoms. The molecule has 3 N–H and O–H groups in total. The van der Waals surface area contributed by atoms with Crippen molar-refractivity contribution < 1.29 is 23.8 Å². The smallest absolute Gasteiger partial charge is 0.247 e. The fraction of sp³-hybridized carbons (Fsp3) is 0.375. The minimum atomic E-state index is -0.386. The van der Waals surface area contributed by atoms with Gasteiger partial charge in [0.15, 0.2) is 0 Å². The van der Waals surface area contributed by atoms with E-state index in [9.17, 15) is 9.18 Å². The third kappa shape index (κ3) is 6.21. The van der Waals surface area contributed by atoms with Crippen molar-refractivity contribution in [2.24, 2.45) is 0 Å². The summed E-state index contributed by atoms with van der Waals surface area (Å²) in [5, 5.41) is 15.0. The Hall–Kier alpha value is -3.06. The lowest BCUT2D eigenvalue weighted by Gasteiger charge is -2.16. The molecule has 0 bridgehead atoms. The van der Waals surface area contributed by atoms with Gasteiger partial charge in [-0.3, -0.25) is 4.79 Å². The van der Waals surface area contributed by atoms with Crippen molar-refractivity contribution in [3.05, 3.63) is 47.3 Å². The van der Waals surface area contributed by atoms with Crippen LogP contribution in [0.4, 0.5) is 10.1 Å². The Morgan fingerprint density at radius 2 is 1.77 bits per heavy atom. The second-order valence-corrected chi connectivity index (χ2v) is 7.67. The van der Waals surface area contributed by atoms with Crippen molar-refractivity contribution in [1.82, 2.24) is 5.32 Å². The van der Waals surface area contributed by atoms with E-state index in [0.717, 1.165) is 0 Å². The van der Waals surface area contributed by atoms with Gasteiger partial charge in [0.2, 0.25) is 5.91 Å². The maximum Gasteiger partial charge on any atom is 0.247 e. The molecule has 0 aromatic heterocycles. The first-order chi connectivity index (χ1) is 14.7. The van der Waals surface area contributed by atoms with E-state index in [1.165, 1.54) is 20.3 Å². The van der Waals surface area contributed by atoms with Crippen molar-refractivity contribution in [2.45, 2.75) is 39.8 Å². The number of carbonyl (C=O) groups is 1. The van der Waals surface area contributed by atoms with Crippen LogP contribution in [0, 0.1) is 5.82 Å². The maximum atomic E-state index is 14.9. The lowest BCUT2D eigenvalue weighted by Crippen LogP contribution is -2.35.